The molecule has 2 aromatic rings. The topological polar surface area (TPSA) is 61.3 Å². The van der Waals surface area contributed by atoms with Gasteiger partial charge in [-0.2, -0.15) is 0 Å². The number of carbonyl (C=O) groups excluding carboxylic acids is 1. The van der Waals surface area contributed by atoms with Gasteiger partial charge in [0, 0.05) is 0 Å². The summed E-state index contributed by atoms with van der Waals surface area (Å²) < 4.78 is 10.2. The number of ether oxygens (including phenoxy) is 2. The van der Waals surface area contributed by atoms with Gasteiger partial charge in [-0.25, -0.2) is 14.8 Å². The number of benzene rings is 1. The summed E-state index contributed by atoms with van der Waals surface area (Å²) in [5, 5.41) is 0. The maximum absolute atomic E-state index is 11.2. The van der Waals surface area contributed by atoms with Crippen LogP contribution < -0.4 is 4.74 Å². The van der Waals surface area contributed by atoms with Gasteiger partial charge < -0.3 is 9.47 Å². The van der Waals surface area contributed by atoms with Crippen molar-refractivity contribution in [3.05, 3.63) is 47.4 Å². The second kappa shape index (κ2) is 5.28. The van der Waals surface area contributed by atoms with Gasteiger partial charge in [-0.3, -0.25) is 0 Å². The van der Waals surface area contributed by atoms with E-state index in [9.17, 15) is 4.79 Å². The molecule has 0 bridgehead atoms. The highest BCUT2D eigenvalue weighted by Crippen LogP contribution is 2.28. The zero-order valence-electron chi connectivity index (χ0n) is 11.1. The fraction of sp³-hybridized carbons (Fsp3) is 0.267. The van der Waals surface area contributed by atoms with Crippen LogP contribution in [-0.2, 0) is 17.6 Å². The van der Waals surface area contributed by atoms with Gasteiger partial charge in [0.15, 0.2) is 5.69 Å². The molecule has 1 aliphatic rings. The average Bonchev–Trinajstić information content (AvgIpc) is 2.95. The Morgan fingerprint density at radius 1 is 1.15 bits per heavy atom. The molecule has 1 aromatic carbocycles. The van der Waals surface area contributed by atoms with Gasteiger partial charge in [0.05, 0.1) is 19.5 Å². The maximum atomic E-state index is 11.2. The van der Waals surface area contributed by atoms with Crippen molar-refractivity contribution >= 4 is 5.97 Å². The van der Waals surface area contributed by atoms with Crippen LogP contribution in [0.1, 0.15) is 28.0 Å². The van der Waals surface area contributed by atoms with Gasteiger partial charge in [0.25, 0.3) is 0 Å². The lowest BCUT2D eigenvalue weighted by Gasteiger charge is -2.06. The van der Waals surface area contributed by atoms with E-state index in [1.807, 2.05) is 12.1 Å². The number of aryl methyl sites for hydroxylation is 2. The first-order chi connectivity index (χ1) is 9.76. The first-order valence-electron chi connectivity index (χ1n) is 6.46. The Hall–Kier alpha value is -2.43. The van der Waals surface area contributed by atoms with E-state index in [1.165, 1.54) is 37.1 Å². The van der Waals surface area contributed by atoms with E-state index in [1.54, 1.807) is 0 Å². The summed E-state index contributed by atoms with van der Waals surface area (Å²) in [5.41, 5.74) is 2.89. The fourth-order valence-electron chi connectivity index (χ4n) is 2.31. The van der Waals surface area contributed by atoms with Crippen LogP contribution in [0.15, 0.2) is 30.6 Å². The number of carbonyl (C=O) groups is 1. The molecule has 0 aliphatic heterocycles. The highest BCUT2D eigenvalue weighted by atomic mass is 16.5. The van der Waals surface area contributed by atoms with Crippen molar-refractivity contribution in [2.24, 2.45) is 0 Å². The van der Waals surface area contributed by atoms with Crippen LogP contribution in [0.3, 0.4) is 0 Å². The molecule has 5 nitrogen and oxygen atoms in total. The number of esters is 1. The quantitative estimate of drug-likeness (QED) is 0.802. The largest absolute Gasteiger partial charge is 0.464 e. The van der Waals surface area contributed by atoms with Gasteiger partial charge in [0.1, 0.15) is 5.75 Å². The van der Waals surface area contributed by atoms with Gasteiger partial charge in [-0.15, -0.1) is 0 Å². The summed E-state index contributed by atoms with van der Waals surface area (Å²) in [6.07, 6.45) is 6.20. The first kappa shape index (κ1) is 12.6. The van der Waals surface area contributed by atoms with Crippen LogP contribution in [0.5, 0.6) is 11.6 Å². The number of hydrogen-bond acceptors (Lipinski definition) is 5. The molecule has 0 spiro atoms. The molecule has 1 heterocycles. The van der Waals surface area contributed by atoms with Crippen LogP contribution in [0.2, 0.25) is 0 Å². The molecule has 20 heavy (non-hydrogen) atoms. The average molecular weight is 270 g/mol. The molecular formula is C15H14N2O3. The van der Waals surface area contributed by atoms with Crippen molar-refractivity contribution in [2.45, 2.75) is 19.3 Å². The number of aromatic nitrogens is 2. The summed E-state index contributed by atoms with van der Waals surface area (Å²) in [4.78, 5) is 19.3. The molecule has 0 saturated carbocycles. The molecule has 0 amide bonds. The number of methoxy groups -OCH3 is 1. The molecule has 0 radical (unpaired) electrons. The van der Waals surface area contributed by atoms with Crippen LogP contribution in [0.4, 0.5) is 0 Å². The van der Waals surface area contributed by atoms with E-state index in [0.717, 1.165) is 18.6 Å². The normalized spacial score (nSPS) is 12.8. The number of rotatable bonds is 3. The molecule has 0 N–H and O–H groups in total. The Morgan fingerprint density at radius 2 is 2.00 bits per heavy atom. The van der Waals surface area contributed by atoms with Gasteiger partial charge in [0.2, 0.25) is 5.88 Å². The number of fused-ring (bicyclic) bond motifs is 1. The summed E-state index contributed by atoms with van der Waals surface area (Å²) in [6, 6.07) is 6.06. The van der Waals surface area contributed by atoms with E-state index in [-0.39, 0.29) is 5.69 Å². The van der Waals surface area contributed by atoms with E-state index in [0.29, 0.717) is 5.88 Å². The summed E-state index contributed by atoms with van der Waals surface area (Å²) >= 11 is 0. The zero-order chi connectivity index (χ0) is 13.9. The van der Waals surface area contributed by atoms with Crippen LogP contribution in [0.25, 0.3) is 0 Å². The minimum Gasteiger partial charge on any atom is -0.464 e. The summed E-state index contributed by atoms with van der Waals surface area (Å²) in [5.74, 6) is 0.586. The minimum absolute atomic E-state index is 0.161. The third-order valence-electron chi connectivity index (χ3n) is 3.32. The molecule has 1 aromatic heterocycles. The van der Waals surface area contributed by atoms with E-state index in [4.69, 9.17) is 4.74 Å². The molecule has 0 unspecified atom stereocenters. The lowest BCUT2D eigenvalue weighted by molar-refractivity contribution is 0.0593. The lowest BCUT2D eigenvalue weighted by atomic mass is 10.1. The highest BCUT2D eigenvalue weighted by Gasteiger charge is 2.12. The van der Waals surface area contributed by atoms with Crippen molar-refractivity contribution in [2.75, 3.05) is 7.11 Å². The molecule has 0 saturated heterocycles. The molecule has 102 valence electrons. The smallest absolute Gasteiger partial charge is 0.358 e. The van der Waals surface area contributed by atoms with Gasteiger partial charge >= 0.3 is 5.97 Å². The Labute approximate surface area is 116 Å². The van der Waals surface area contributed by atoms with Crippen molar-refractivity contribution in [3.8, 4) is 11.6 Å². The van der Waals surface area contributed by atoms with Crippen molar-refractivity contribution < 1.29 is 14.3 Å². The minimum atomic E-state index is -0.512. The maximum Gasteiger partial charge on any atom is 0.358 e. The molecule has 5 heteroatoms. The SMILES string of the molecule is COC(=O)c1cnc(Oc2ccc3c(c2)CCC3)cn1. The third kappa shape index (κ3) is 2.47. The Kier molecular flexibility index (Phi) is 3.33. The van der Waals surface area contributed by atoms with Crippen molar-refractivity contribution in [3.63, 3.8) is 0 Å². The molecular weight excluding hydrogens is 256 g/mol. The van der Waals surface area contributed by atoms with E-state index >= 15 is 0 Å². The van der Waals surface area contributed by atoms with Gasteiger partial charge in [-0.05, 0) is 42.5 Å². The molecule has 1 aliphatic carbocycles. The number of nitrogens with zero attached hydrogens (tertiary/aromatic N) is 2. The Balaban J connectivity index is 1.76. The second-order valence-electron chi connectivity index (χ2n) is 4.62. The van der Waals surface area contributed by atoms with E-state index < -0.39 is 5.97 Å². The molecule has 0 atom stereocenters. The molecule has 0 fully saturated rings. The second-order valence-corrected chi connectivity index (χ2v) is 4.62. The predicted molar refractivity (Wildman–Crippen MR) is 71.9 cm³/mol. The predicted octanol–water partition coefficient (Wildman–Crippen LogP) is 2.54. The van der Waals surface area contributed by atoms with Crippen molar-refractivity contribution in [1.82, 2.24) is 9.97 Å². The fourth-order valence-corrected chi connectivity index (χ4v) is 2.31. The van der Waals surface area contributed by atoms with Crippen molar-refractivity contribution in [1.29, 1.82) is 0 Å². The monoisotopic (exact) mass is 270 g/mol. The van der Waals surface area contributed by atoms with Crippen LogP contribution >= 0.6 is 0 Å². The lowest BCUT2D eigenvalue weighted by Crippen LogP contribution is -2.04. The number of hydrogen-bond donors (Lipinski definition) is 0. The Bertz CT molecular complexity index is 638. The van der Waals surface area contributed by atoms with E-state index in [2.05, 4.69) is 20.8 Å². The summed E-state index contributed by atoms with van der Waals surface area (Å²) in [6.45, 7) is 0. The molecule has 3 rings (SSSR count). The Morgan fingerprint density at radius 3 is 2.75 bits per heavy atom. The van der Waals surface area contributed by atoms with Gasteiger partial charge in [-0.1, -0.05) is 6.07 Å². The first-order valence-corrected chi connectivity index (χ1v) is 6.46. The van der Waals surface area contributed by atoms with Crippen LogP contribution in [-0.4, -0.2) is 23.0 Å². The highest BCUT2D eigenvalue weighted by molar-refractivity contribution is 5.86. The third-order valence-corrected chi connectivity index (χ3v) is 3.32. The standard InChI is InChI=1S/C15H14N2O3/c1-19-15(18)13-8-17-14(9-16-13)20-12-6-5-10-3-2-4-11(10)7-12/h5-9H,2-4H2,1H3. The van der Waals surface area contributed by atoms with Crippen LogP contribution in [0, 0.1) is 0 Å². The summed E-state index contributed by atoms with van der Waals surface area (Å²) in [7, 11) is 1.30. The zero-order valence-corrected chi connectivity index (χ0v) is 11.1.